The molecule has 2 saturated heterocycles. The summed E-state index contributed by atoms with van der Waals surface area (Å²) in [6.07, 6.45) is 2.16. The van der Waals surface area contributed by atoms with E-state index in [2.05, 4.69) is 10.6 Å². The number of nitrogens with one attached hydrogen (secondary N) is 2. The van der Waals surface area contributed by atoms with E-state index in [0.717, 1.165) is 29.5 Å². The number of carbonyl (C=O) groups is 3. The predicted octanol–water partition coefficient (Wildman–Crippen LogP) is 2.30. The van der Waals surface area contributed by atoms with E-state index in [9.17, 15) is 24.6 Å². The molecule has 11 heteroatoms. The minimum Gasteiger partial charge on any atom is -0.465 e. The van der Waals surface area contributed by atoms with Gasteiger partial charge in [-0.25, -0.2) is 9.59 Å². The van der Waals surface area contributed by atoms with E-state index in [4.69, 9.17) is 9.47 Å². The van der Waals surface area contributed by atoms with Crippen LogP contribution < -0.4 is 15.4 Å². The normalized spacial score (nSPS) is 24.0. The van der Waals surface area contributed by atoms with Crippen LogP contribution in [0, 0.1) is 0 Å². The molecular weight excluding hydrogens is 528 g/mol. The Hall–Kier alpha value is -3.67. The second kappa shape index (κ2) is 13.3. The third kappa shape index (κ3) is 7.35. The van der Waals surface area contributed by atoms with Crippen LogP contribution in [0.25, 0.3) is 0 Å². The smallest absolute Gasteiger partial charge is 0.322 e. The Morgan fingerprint density at radius 1 is 1.12 bits per heavy atom. The number of hydrogen-bond acceptors (Lipinski definition) is 7. The van der Waals surface area contributed by atoms with E-state index in [1.807, 2.05) is 41.3 Å². The van der Waals surface area contributed by atoms with E-state index >= 15 is 0 Å². The van der Waals surface area contributed by atoms with Crippen LogP contribution >= 0.6 is 0 Å². The van der Waals surface area contributed by atoms with Gasteiger partial charge in [0.2, 0.25) is 6.29 Å². The number of hydrogen-bond donors (Lipinski definition) is 4. The molecule has 2 fully saturated rings. The fourth-order valence-corrected chi connectivity index (χ4v) is 5.75. The van der Waals surface area contributed by atoms with Crippen LogP contribution in [0.4, 0.5) is 15.3 Å². The summed E-state index contributed by atoms with van der Waals surface area (Å²) in [6, 6.07) is 13.9. The number of aliphatic hydroxyl groups excluding tert-OH is 2. The van der Waals surface area contributed by atoms with Crippen LogP contribution in [0.2, 0.25) is 0 Å². The fraction of sp³-hybridized carbons (Fsp3) is 0.500. The van der Waals surface area contributed by atoms with Gasteiger partial charge in [0.25, 0.3) is 0 Å². The molecule has 3 aliphatic rings. The first-order valence-corrected chi connectivity index (χ1v) is 14.3. The number of likely N-dealkylation sites (tertiary alicyclic amines) is 1. The second-order valence-corrected chi connectivity index (χ2v) is 10.9. The van der Waals surface area contributed by atoms with E-state index in [1.165, 1.54) is 0 Å². The van der Waals surface area contributed by atoms with E-state index in [1.54, 1.807) is 17.0 Å². The monoisotopic (exact) mass is 566 g/mol. The standard InChI is InChI=1S/C30H38N4O7/c35-18-22(15-20-5-7-25(8-6-20)40-28-17-24(37)16-26(19-36)41-28)31-29(38)33-12-10-23(11-13-33)34-14-9-21-3-1-2-4-27(21)32-30(34)39/h1-8,18,22-24,26,28,36-37H,9-17,19H2,(H,31,38)(H,32,39)/t22-,24?,26?,28?/m1/s1. The lowest BCUT2D eigenvalue weighted by atomic mass is 10.0. The number of benzene rings is 2. The second-order valence-electron chi connectivity index (χ2n) is 10.9. The molecule has 0 spiro atoms. The molecule has 0 bridgehead atoms. The number of rotatable bonds is 8. The maximum Gasteiger partial charge on any atom is 0.322 e. The predicted molar refractivity (Wildman–Crippen MR) is 151 cm³/mol. The van der Waals surface area contributed by atoms with Gasteiger partial charge in [0.1, 0.15) is 12.0 Å². The highest BCUT2D eigenvalue weighted by Gasteiger charge is 2.32. The van der Waals surface area contributed by atoms with Crippen molar-refractivity contribution in [3.63, 3.8) is 0 Å². The number of para-hydroxylation sites is 1. The maximum atomic E-state index is 13.0. The lowest BCUT2D eigenvalue weighted by molar-refractivity contribution is -0.184. The van der Waals surface area contributed by atoms with Crippen molar-refractivity contribution in [2.75, 3.05) is 31.6 Å². The summed E-state index contributed by atoms with van der Waals surface area (Å²) in [6.45, 7) is 1.45. The SMILES string of the molecule is O=C[C@@H](Cc1ccc(OC2CC(O)CC(CO)O2)cc1)NC(=O)N1CCC(N2CCc3ccccc3NC2=O)CC1. The number of anilines is 1. The molecule has 11 nitrogen and oxygen atoms in total. The van der Waals surface area contributed by atoms with Crippen molar-refractivity contribution in [1.82, 2.24) is 15.1 Å². The molecule has 0 radical (unpaired) electrons. The number of piperidine rings is 1. The van der Waals surface area contributed by atoms with Crippen LogP contribution in [0.5, 0.6) is 5.75 Å². The summed E-state index contributed by atoms with van der Waals surface area (Å²) in [5.74, 6) is 0.543. The highest BCUT2D eigenvalue weighted by molar-refractivity contribution is 5.91. The van der Waals surface area contributed by atoms with Crippen LogP contribution in [-0.4, -0.2) is 95.2 Å². The Kier molecular flexibility index (Phi) is 9.38. The quantitative estimate of drug-likeness (QED) is 0.360. The molecule has 3 unspecified atom stereocenters. The first-order chi connectivity index (χ1) is 19.9. The first-order valence-electron chi connectivity index (χ1n) is 14.3. The lowest BCUT2D eigenvalue weighted by Crippen LogP contribution is -2.53. The zero-order chi connectivity index (χ0) is 28.8. The van der Waals surface area contributed by atoms with E-state index in [-0.39, 0.29) is 24.7 Å². The summed E-state index contributed by atoms with van der Waals surface area (Å²) >= 11 is 0. The van der Waals surface area contributed by atoms with Crippen molar-refractivity contribution in [1.29, 1.82) is 0 Å². The topological polar surface area (TPSA) is 141 Å². The Balaban J connectivity index is 1.08. The van der Waals surface area contributed by atoms with Crippen molar-refractivity contribution >= 4 is 24.0 Å². The molecule has 4 N–H and O–H groups in total. The molecule has 5 rings (SSSR count). The highest BCUT2D eigenvalue weighted by atomic mass is 16.7. The number of amides is 4. The van der Waals surface area contributed by atoms with Crippen molar-refractivity contribution in [3.8, 4) is 5.75 Å². The van der Waals surface area contributed by atoms with E-state index in [0.29, 0.717) is 57.5 Å². The molecular formula is C30H38N4O7. The highest BCUT2D eigenvalue weighted by Crippen LogP contribution is 2.25. The minimum atomic E-state index is -0.691. The van der Waals surface area contributed by atoms with Crippen molar-refractivity contribution in [3.05, 3.63) is 59.7 Å². The van der Waals surface area contributed by atoms with Gasteiger partial charge in [-0.1, -0.05) is 30.3 Å². The zero-order valence-corrected chi connectivity index (χ0v) is 23.0. The molecule has 0 saturated carbocycles. The number of aldehydes is 1. The van der Waals surface area contributed by atoms with E-state index < -0.39 is 24.5 Å². The number of carbonyl (C=O) groups excluding carboxylic acids is 3. The lowest BCUT2D eigenvalue weighted by Gasteiger charge is -2.38. The van der Waals surface area contributed by atoms with Gasteiger partial charge in [-0.3, -0.25) is 0 Å². The molecule has 41 heavy (non-hydrogen) atoms. The van der Waals surface area contributed by atoms with Gasteiger partial charge in [0, 0.05) is 44.2 Å². The molecule has 2 aromatic carbocycles. The maximum absolute atomic E-state index is 13.0. The molecule has 4 atom stereocenters. The van der Waals surface area contributed by atoms with Gasteiger partial charge in [-0.05, 0) is 55.0 Å². The summed E-state index contributed by atoms with van der Waals surface area (Å²) in [5.41, 5.74) is 2.82. The summed E-state index contributed by atoms with van der Waals surface area (Å²) in [5, 5.41) is 25.1. The Morgan fingerprint density at radius 3 is 2.61 bits per heavy atom. The minimum absolute atomic E-state index is 0.0489. The van der Waals surface area contributed by atoms with Gasteiger partial charge in [-0.2, -0.15) is 0 Å². The largest absolute Gasteiger partial charge is 0.465 e. The Bertz CT molecular complexity index is 1200. The molecule has 3 aliphatic heterocycles. The number of aliphatic hydroxyl groups is 2. The Labute approximate surface area is 239 Å². The van der Waals surface area contributed by atoms with Crippen molar-refractivity contribution in [2.45, 2.75) is 69.1 Å². The summed E-state index contributed by atoms with van der Waals surface area (Å²) in [7, 11) is 0. The molecule has 2 aromatic rings. The van der Waals surface area contributed by atoms with Gasteiger partial charge >= 0.3 is 12.1 Å². The molecule has 0 aliphatic carbocycles. The van der Waals surface area contributed by atoms with Crippen LogP contribution in [-0.2, 0) is 22.4 Å². The zero-order valence-electron chi connectivity index (χ0n) is 23.0. The third-order valence-electron chi connectivity index (χ3n) is 8.00. The van der Waals surface area contributed by atoms with Crippen LogP contribution in [0.1, 0.15) is 36.8 Å². The van der Waals surface area contributed by atoms with Gasteiger partial charge in [0.05, 0.1) is 24.9 Å². The average molecular weight is 567 g/mol. The van der Waals surface area contributed by atoms with Crippen molar-refractivity contribution in [2.24, 2.45) is 0 Å². The summed E-state index contributed by atoms with van der Waals surface area (Å²) in [4.78, 5) is 41.2. The van der Waals surface area contributed by atoms with Gasteiger partial charge in [-0.15, -0.1) is 0 Å². The van der Waals surface area contributed by atoms with Crippen LogP contribution in [0.3, 0.4) is 0 Å². The first kappa shape index (κ1) is 28.8. The number of fused-ring (bicyclic) bond motifs is 1. The average Bonchev–Trinajstić information content (AvgIpc) is 3.15. The Morgan fingerprint density at radius 2 is 1.88 bits per heavy atom. The summed E-state index contributed by atoms with van der Waals surface area (Å²) < 4.78 is 11.4. The van der Waals surface area contributed by atoms with Gasteiger partial charge < -0.3 is 44.9 Å². The van der Waals surface area contributed by atoms with Gasteiger partial charge in [0.15, 0.2) is 0 Å². The molecule has 220 valence electrons. The number of nitrogens with zero attached hydrogens (tertiary/aromatic N) is 2. The molecule has 3 heterocycles. The molecule has 0 aromatic heterocycles. The number of ether oxygens (including phenoxy) is 2. The molecule has 4 amide bonds. The van der Waals surface area contributed by atoms with Crippen LogP contribution in [0.15, 0.2) is 48.5 Å². The third-order valence-corrected chi connectivity index (χ3v) is 8.00. The van der Waals surface area contributed by atoms with Crippen molar-refractivity contribution < 1.29 is 34.1 Å². The fourth-order valence-electron chi connectivity index (χ4n) is 5.75. The number of urea groups is 2.